The van der Waals surface area contributed by atoms with Gasteiger partial charge in [0.15, 0.2) is 0 Å². The Morgan fingerprint density at radius 1 is 1.45 bits per heavy atom. The van der Waals surface area contributed by atoms with E-state index in [-0.39, 0.29) is 0 Å². The van der Waals surface area contributed by atoms with Crippen molar-refractivity contribution in [1.29, 1.82) is 0 Å². The van der Waals surface area contributed by atoms with E-state index in [2.05, 4.69) is 24.8 Å². The molecule has 0 bridgehead atoms. The predicted molar refractivity (Wildman–Crippen MR) is 84.7 cm³/mol. The average molecular weight is 302 g/mol. The highest BCUT2D eigenvalue weighted by Crippen LogP contribution is 2.25. The van der Waals surface area contributed by atoms with Crippen LogP contribution in [0.4, 0.5) is 11.8 Å². The second-order valence-corrected chi connectivity index (χ2v) is 5.54. The molecular formula is C15H22N6O. The van der Waals surface area contributed by atoms with Gasteiger partial charge >= 0.3 is 0 Å². The van der Waals surface area contributed by atoms with Crippen LogP contribution < -0.4 is 11.1 Å². The first-order valence-electron chi connectivity index (χ1n) is 7.66. The molecule has 3 N–H and O–H groups in total. The summed E-state index contributed by atoms with van der Waals surface area (Å²) in [7, 11) is 0. The standard InChI is InChI=1S/C15H22N6O/c1-11-17-5-7-21(11)6-2-4-18-14-9-13(19-15(16)20-14)12-3-8-22-10-12/h5,7,9,12H,2-4,6,8,10H2,1H3,(H3,16,18,19,20)/t12-/m0/s1. The molecule has 0 amide bonds. The van der Waals surface area contributed by atoms with Crippen molar-refractivity contribution < 1.29 is 4.74 Å². The van der Waals surface area contributed by atoms with Gasteiger partial charge in [-0.25, -0.2) is 9.97 Å². The molecule has 2 aromatic heterocycles. The quantitative estimate of drug-likeness (QED) is 0.787. The molecule has 1 fully saturated rings. The molecule has 3 heterocycles. The Balaban J connectivity index is 1.54. The van der Waals surface area contributed by atoms with E-state index in [1.54, 1.807) is 0 Å². The van der Waals surface area contributed by atoms with E-state index in [1.807, 2.05) is 25.4 Å². The monoisotopic (exact) mass is 302 g/mol. The summed E-state index contributed by atoms with van der Waals surface area (Å²) in [6, 6.07) is 1.98. The summed E-state index contributed by atoms with van der Waals surface area (Å²) in [5.74, 6) is 2.48. The lowest BCUT2D eigenvalue weighted by Gasteiger charge is -2.11. The second-order valence-electron chi connectivity index (χ2n) is 5.54. The van der Waals surface area contributed by atoms with Gasteiger partial charge in [0, 0.05) is 44.1 Å². The van der Waals surface area contributed by atoms with E-state index in [9.17, 15) is 0 Å². The van der Waals surface area contributed by atoms with Crippen molar-refractivity contribution in [2.45, 2.75) is 32.2 Å². The number of nitrogens with zero attached hydrogens (tertiary/aromatic N) is 4. The largest absolute Gasteiger partial charge is 0.381 e. The third kappa shape index (κ3) is 3.54. The van der Waals surface area contributed by atoms with Gasteiger partial charge in [0.2, 0.25) is 5.95 Å². The van der Waals surface area contributed by atoms with Gasteiger partial charge in [-0.15, -0.1) is 0 Å². The molecule has 7 nitrogen and oxygen atoms in total. The average Bonchev–Trinajstić information content (AvgIpc) is 3.15. The van der Waals surface area contributed by atoms with Crippen LogP contribution in [0.1, 0.15) is 30.3 Å². The summed E-state index contributed by atoms with van der Waals surface area (Å²) < 4.78 is 7.55. The molecule has 1 aliphatic heterocycles. The molecule has 0 unspecified atom stereocenters. The lowest BCUT2D eigenvalue weighted by atomic mass is 10.0. The lowest BCUT2D eigenvalue weighted by Crippen LogP contribution is -2.11. The minimum atomic E-state index is 0.317. The summed E-state index contributed by atoms with van der Waals surface area (Å²) in [6.45, 7) is 5.28. The normalized spacial score (nSPS) is 17.8. The van der Waals surface area contributed by atoms with Gasteiger partial charge in [0.05, 0.1) is 12.3 Å². The van der Waals surface area contributed by atoms with Crippen molar-refractivity contribution in [3.63, 3.8) is 0 Å². The first-order valence-corrected chi connectivity index (χ1v) is 7.66. The Hall–Kier alpha value is -2.15. The first-order chi connectivity index (χ1) is 10.7. The second kappa shape index (κ2) is 6.74. The van der Waals surface area contributed by atoms with E-state index in [0.29, 0.717) is 11.9 Å². The highest BCUT2D eigenvalue weighted by molar-refractivity contribution is 5.41. The summed E-state index contributed by atoms with van der Waals surface area (Å²) in [5, 5.41) is 3.33. The third-order valence-corrected chi connectivity index (χ3v) is 3.92. The van der Waals surface area contributed by atoms with Crippen LogP contribution >= 0.6 is 0 Å². The van der Waals surface area contributed by atoms with Crippen molar-refractivity contribution in [2.24, 2.45) is 0 Å². The molecule has 0 aliphatic carbocycles. The minimum Gasteiger partial charge on any atom is -0.381 e. The zero-order valence-corrected chi connectivity index (χ0v) is 12.8. The SMILES string of the molecule is Cc1nccn1CCCNc1cc([C@H]2CCOC2)nc(N)n1. The Labute approximate surface area is 129 Å². The van der Waals surface area contributed by atoms with Gasteiger partial charge in [0.1, 0.15) is 11.6 Å². The number of nitrogens with two attached hydrogens (primary N) is 1. The maximum absolute atomic E-state index is 5.81. The number of imidazole rings is 1. The van der Waals surface area contributed by atoms with E-state index < -0.39 is 0 Å². The van der Waals surface area contributed by atoms with Crippen molar-refractivity contribution in [3.05, 3.63) is 30.0 Å². The van der Waals surface area contributed by atoms with Gasteiger partial charge in [0.25, 0.3) is 0 Å². The fourth-order valence-corrected chi connectivity index (χ4v) is 2.66. The minimum absolute atomic E-state index is 0.317. The van der Waals surface area contributed by atoms with Crippen LogP contribution in [0.15, 0.2) is 18.5 Å². The van der Waals surface area contributed by atoms with Crippen LogP contribution in [0.5, 0.6) is 0 Å². The van der Waals surface area contributed by atoms with Crippen molar-refractivity contribution in [1.82, 2.24) is 19.5 Å². The smallest absolute Gasteiger partial charge is 0.222 e. The number of nitrogens with one attached hydrogen (secondary N) is 1. The van der Waals surface area contributed by atoms with Gasteiger partial charge < -0.3 is 20.4 Å². The van der Waals surface area contributed by atoms with E-state index >= 15 is 0 Å². The van der Waals surface area contributed by atoms with Crippen molar-refractivity contribution >= 4 is 11.8 Å². The molecule has 0 spiro atoms. The van der Waals surface area contributed by atoms with Gasteiger partial charge in [-0.3, -0.25) is 0 Å². The van der Waals surface area contributed by atoms with Crippen LogP contribution in [0.2, 0.25) is 0 Å². The number of aromatic nitrogens is 4. The Bertz CT molecular complexity index is 620. The summed E-state index contributed by atoms with van der Waals surface area (Å²) in [4.78, 5) is 12.8. The number of hydrogen-bond donors (Lipinski definition) is 2. The molecule has 22 heavy (non-hydrogen) atoms. The molecule has 0 saturated carbocycles. The zero-order valence-electron chi connectivity index (χ0n) is 12.8. The Morgan fingerprint density at radius 2 is 2.36 bits per heavy atom. The third-order valence-electron chi connectivity index (χ3n) is 3.92. The van der Waals surface area contributed by atoms with E-state index in [1.165, 1.54) is 0 Å². The first kappa shape index (κ1) is 14.8. The maximum Gasteiger partial charge on any atom is 0.222 e. The fraction of sp³-hybridized carbons (Fsp3) is 0.533. The summed E-state index contributed by atoms with van der Waals surface area (Å²) in [6.07, 6.45) is 5.80. The van der Waals surface area contributed by atoms with Crippen LogP contribution in [0, 0.1) is 6.92 Å². The van der Waals surface area contributed by atoms with Crippen LogP contribution in [-0.2, 0) is 11.3 Å². The van der Waals surface area contributed by atoms with E-state index in [0.717, 1.165) is 56.5 Å². The van der Waals surface area contributed by atoms with Gasteiger partial charge in [-0.2, -0.15) is 4.98 Å². The highest BCUT2D eigenvalue weighted by atomic mass is 16.5. The van der Waals surface area contributed by atoms with Crippen molar-refractivity contribution in [3.8, 4) is 0 Å². The molecule has 1 atom stereocenters. The molecule has 2 aromatic rings. The number of hydrogen-bond acceptors (Lipinski definition) is 6. The molecule has 1 aliphatic rings. The van der Waals surface area contributed by atoms with Crippen LogP contribution in [-0.4, -0.2) is 39.3 Å². The van der Waals surface area contributed by atoms with Crippen LogP contribution in [0.25, 0.3) is 0 Å². The van der Waals surface area contributed by atoms with Crippen molar-refractivity contribution in [2.75, 3.05) is 30.8 Å². The predicted octanol–water partition coefficient (Wildman–Crippen LogP) is 1.57. The number of anilines is 2. The summed E-state index contributed by atoms with van der Waals surface area (Å²) >= 11 is 0. The molecule has 1 saturated heterocycles. The molecule has 7 heteroatoms. The summed E-state index contributed by atoms with van der Waals surface area (Å²) in [5.41, 5.74) is 6.78. The zero-order chi connectivity index (χ0) is 15.4. The Morgan fingerprint density at radius 3 is 3.09 bits per heavy atom. The van der Waals surface area contributed by atoms with E-state index in [4.69, 9.17) is 10.5 Å². The molecule has 3 rings (SSSR count). The van der Waals surface area contributed by atoms with Gasteiger partial charge in [-0.1, -0.05) is 0 Å². The Kier molecular flexibility index (Phi) is 4.53. The molecule has 0 radical (unpaired) electrons. The lowest BCUT2D eigenvalue weighted by molar-refractivity contribution is 0.193. The topological polar surface area (TPSA) is 90.9 Å². The maximum atomic E-state index is 5.81. The number of nitrogen functional groups attached to an aromatic ring is 1. The highest BCUT2D eigenvalue weighted by Gasteiger charge is 2.20. The van der Waals surface area contributed by atoms with Crippen LogP contribution in [0.3, 0.4) is 0 Å². The number of aryl methyl sites for hydroxylation is 2. The van der Waals surface area contributed by atoms with Gasteiger partial charge in [-0.05, 0) is 19.8 Å². The fourth-order valence-electron chi connectivity index (χ4n) is 2.66. The molecule has 0 aromatic carbocycles. The number of ether oxygens (including phenoxy) is 1. The number of rotatable bonds is 6. The molecular weight excluding hydrogens is 280 g/mol. The molecule has 118 valence electrons.